The molecule has 1 N–H and O–H groups in total. The summed E-state index contributed by atoms with van der Waals surface area (Å²) in [5.41, 5.74) is 1.06. The highest BCUT2D eigenvalue weighted by atomic mass is 19.1. The maximum Gasteiger partial charge on any atom is 0.262 e. The molecule has 2 aliphatic rings. The Morgan fingerprint density at radius 3 is 2.73 bits per heavy atom. The number of amides is 1. The molecule has 33 heavy (non-hydrogen) atoms. The lowest BCUT2D eigenvalue weighted by Crippen LogP contribution is -2.45. The van der Waals surface area contributed by atoms with E-state index in [2.05, 4.69) is 15.2 Å². The number of halogens is 1. The maximum absolute atomic E-state index is 15.4. The largest absolute Gasteiger partial charge is 0.487 e. The number of carbonyl (C=O) groups excluding carboxylic acids is 1. The van der Waals surface area contributed by atoms with Crippen molar-refractivity contribution in [3.05, 3.63) is 57.8 Å². The number of ether oxygens (including phenoxy) is 1. The SMILES string of the molecule is Cc1cccc(NC(=O)c2cn3c4c(c(N5CCN(C)CC5)c(F)cc4c2=O)OC[C@@H]3C)n1. The zero-order chi connectivity index (χ0) is 23.3. The van der Waals surface area contributed by atoms with Gasteiger partial charge in [0, 0.05) is 38.1 Å². The Morgan fingerprint density at radius 1 is 1.24 bits per heavy atom. The lowest BCUT2D eigenvalue weighted by molar-refractivity contribution is 0.102. The second-order valence-electron chi connectivity index (χ2n) is 8.78. The van der Waals surface area contributed by atoms with E-state index in [1.165, 1.54) is 6.07 Å². The summed E-state index contributed by atoms with van der Waals surface area (Å²) in [4.78, 5) is 34.7. The average Bonchev–Trinajstić information content (AvgIpc) is 2.78. The predicted molar refractivity (Wildman–Crippen MR) is 125 cm³/mol. The topological polar surface area (TPSA) is 79.7 Å². The molecule has 4 heterocycles. The van der Waals surface area contributed by atoms with Gasteiger partial charge in [0.1, 0.15) is 23.7 Å². The van der Waals surface area contributed by atoms with E-state index in [4.69, 9.17) is 4.74 Å². The number of aromatic nitrogens is 2. The van der Waals surface area contributed by atoms with Crippen LogP contribution >= 0.6 is 0 Å². The summed E-state index contributed by atoms with van der Waals surface area (Å²) in [7, 11) is 2.03. The van der Waals surface area contributed by atoms with E-state index in [1.807, 2.05) is 36.4 Å². The number of aryl methyl sites for hydroxylation is 1. The van der Waals surface area contributed by atoms with Crippen LogP contribution < -0.4 is 20.4 Å². The molecule has 1 atom stereocenters. The molecule has 0 spiro atoms. The van der Waals surface area contributed by atoms with Crippen molar-refractivity contribution in [1.82, 2.24) is 14.5 Å². The molecule has 0 unspecified atom stereocenters. The Balaban J connectivity index is 1.64. The maximum atomic E-state index is 15.4. The molecule has 0 bridgehead atoms. The number of piperazine rings is 1. The van der Waals surface area contributed by atoms with Gasteiger partial charge in [-0.05, 0) is 39.1 Å². The number of carbonyl (C=O) groups is 1. The summed E-state index contributed by atoms with van der Waals surface area (Å²) in [6, 6.07) is 6.36. The number of pyridine rings is 2. The van der Waals surface area contributed by atoms with Gasteiger partial charge in [0.05, 0.1) is 16.9 Å². The third-order valence-corrected chi connectivity index (χ3v) is 6.34. The summed E-state index contributed by atoms with van der Waals surface area (Å²) in [5, 5.41) is 2.82. The van der Waals surface area contributed by atoms with Gasteiger partial charge in [-0.2, -0.15) is 0 Å². The summed E-state index contributed by atoms with van der Waals surface area (Å²) >= 11 is 0. The van der Waals surface area contributed by atoms with Crippen molar-refractivity contribution < 1.29 is 13.9 Å². The fourth-order valence-electron chi connectivity index (χ4n) is 4.49. The van der Waals surface area contributed by atoms with Crippen molar-refractivity contribution in [3.8, 4) is 5.75 Å². The van der Waals surface area contributed by atoms with Gasteiger partial charge < -0.3 is 24.4 Å². The van der Waals surface area contributed by atoms with Gasteiger partial charge in [-0.15, -0.1) is 0 Å². The van der Waals surface area contributed by atoms with Crippen LogP contribution in [0.3, 0.4) is 0 Å². The molecular formula is C24H26FN5O3. The Bertz CT molecular complexity index is 1310. The van der Waals surface area contributed by atoms with Crippen LogP contribution in [0.15, 0.2) is 35.3 Å². The zero-order valence-electron chi connectivity index (χ0n) is 18.9. The van der Waals surface area contributed by atoms with E-state index >= 15 is 4.39 Å². The fourth-order valence-corrected chi connectivity index (χ4v) is 4.49. The first-order valence-corrected chi connectivity index (χ1v) is 11.1. The second kappa shape index (κ2) is 8.15. The van der Waals surface area contributed by atoms with Crippen molar-refractivity contribution in [3.63, 3.8) is 0 Å². The van der Waals surface area contributed by atoms with Gasteiger partial charge in [-0.25, -0.2) is 9.37 Å². The molecular weight excluding hydrogens is 425 g/mol. The summed E-state index contributed by atoms with van der Waals surface area (Å²) < 4.78 is 23.3. The molecule has 2 aliphatic heterocycles. The second-order valence-corrected chi connectivity index (χ2v) is 8.78. The van der Waals surface area contributed by atoms with Gasteiger partial charge in [0.25, 0.3) is 5.91 Å². The first kappa shape index (κ1) is 21.4. The van der Waals surface area contributed by atoms with Crippen LogP contribution in [-0.2, 0) is 0 Å². The molecule has 2 aromatic heterocycles. The van der Waals surface area contributed by atoms with Crippen LogP contribution in [0.5, 0.6) is 5.75 Å². The number of hydrogen-bond acceptors (Lipinski definition) is 6. The van der Waals surface area contributed by atoms with Crippen LogP contribution in [0, 0.1) is 12.7 Å². The molecule has 5 rings (SSSR count). The lowest BCUT2D eigenvalue weighted by atomic mass is 10.0. The third-order valence-electron chi connectivity index (χ3n) is 6.34. The smallest absolute Gasteiger partial charge is 0.262 e. The minimum Gasteiger partial charge on any atom is -0.487 e. The molecule has 0 radical (unpaired) electrons. The Labute approximate surface area is 190 Å². The predicted octanol–water partition coefficient (Wildman–Crippen LogP) is 2.80. The average molecular weight is 452 g/mol. The third kappa shape index (κ3) is 3.72. The van der Waals surface area contributed by atoms with Crippen molar-refractivity contribution in [2.75, 3.05) is 50.1 Å². The summed E-state index contributed by atoms with van der Waals surface area (Å²) in [6.45, 7) is 7.02. The van der Waals surface area contributed by atoms with Crippen LogP contribution in [0.2, 0.25) is 0 Å². The molecule has 1 amide bonds. The monoisotopic (exact) mass is 451 g/mol. The molecule has 0 saturated carbocycles. The highest BCUT2D eigenvalue weighted by Gasteiger charge is 2.31. The van der Waals surface area contributed by atoms with E-state index in [-0.39, 0.29) is 17.0 Å². The number of anilines is 2. The number of likely N-dealkylation sites (N-methyl/N-ethyl adjacent to an activating group) is 1. The number of nitrogens with one attached hydrogen (secondary N) is 1. The molecule has 172 valence electrons. The van der Waals surface area contributed by atoms with Gasteiger partial charge in [0.2, 0.25) is 5.43 Å². The molecule has 1 saturated heterocycles. The first-order chi connectivity index (χ1) is 15.8. The van der Waals surface area contributed by atoms with Crippen molar-refractivity contribution in [1.29, 1.82) is 0 Å². The quantitative estimate of drug-likeness (QED) is 0.660. The Kier molecular flexibility index (Phi) is 5.28. The van der Waals surface area contributed by atoms with Crippen LogP contribution in [-0.4, -0.2) is 60.2 Å². The minimum atomic E-state index is -0.576. The minimum absolute atomic E-state index is 0.0581. The lowest BCUT2D eigenvalue weighted by Gasteiger charge is -2.37. The molecule has 1 fully saturated rings. The molecule has 0 aliphatic carbocycles. The molecule has 1 aromatic carbocycles. The van der Waals surface area contributed by atoms with E-state index in [0.29, 0.717) is 42.5 Å². The standard InChI is InChI=1S/C24H26FN5O3/c1-14-5-4-6-19(26-14)27-24(32)17-12-30-15(2)13-33-23-20(30)16(22(17)31)11-18(25)21(23)29-9-7-28(3)8-10-29/h4-6,11-12,15H,7-10,13H2,1-3H3,(H,26,27,32)/t15-/m0/s1. The molecule has 3 aromatic rings. The van der Waals surface area contributed by atoms with Crippen LogP contribution in [0.25, 0.3) is 10.9 Å². The van der Waals surface area contributed by atoms with Crippen molar-refractivity contribution in [2.45, 2.75) is 19.9 Å². The van der Waals surface area contributed by atoms with Gasteiger partial charge >= 0.3 is 0 Å². The first-order valence-electron chi connectivity index (χ1n) is 11.1. The normalized spacial score (nSPS) is 18.3. The highest BCUT2D eigenvalue weighted by Crippen LogP contribution is 2.42. The van der Waals surface area contributed by atoms with Gasteiger partial charge in [-0.1, -0.05) is 6.07 Å². The molecule has 8 nitrogen and oxygen atoms in total. The van der Waals surface area contributed by atoms with Crippen molar-refractivity contribution in [2.24, 2.45) is 0 Å². The van der Waals surface area contributed by atoms with E-state index < -0.39 is 17.2 Å². The van der Waals surface area contributed by atoms with Crippen molar-refractivity contribution >= 4 is 28.3 Å². The fraction of sp³-hybridized carbons (Fsp3) is 0.375. The van der Waals surface area contributed by atoms with E-state index in [1.54, 1.807) is 18.3 Å². The Morgan fingerprint density at radius 2 is 2.00 bits per heavy atom. The van der Waals surface area contributed by atoms with E-state index in [0.717, 1.165) is 18.8 Å². The summed E-state index contributed by atoms with van der Waals surface area (Å²) in [6.07, 6.45) is 1.55. The van der Waals surface area contributed by atoms with Crippen LogP contribution in [0.4, 0.5) is 15.9 Å². The number of rotatable bonds is 3. The van der Waals surface area contributed by atoms with Gasteiger partial charge in [0.15, 0.2) is 11.6 Å². The Hall–Kier alpha value is -3.46. The highest BCUT2D eigenvalue weighted by molar-refractivity contribution is 6.06. The number of benzene rings is 1. The summed E-state index contributed by atoms with van der Waals surface area (Å²) in [5.74, 6) is -0.366. The number of hydrogen-bond donors (Lipinski definition) is 1. The molecule has 9 heteroatoms. The van der Waals surface area contributed by atoms with Gasteiger partial charge in [-0.3, -0.25) is 9.59 Å². The van der Waals surface area contributed by atoms with Crippen LogP contribution in [0.1, 0.15) is 29.0 Å². The number of nitrogens with zero attached hydrogens (tertiary/aromatic N) is 4. The van der Waals surface area contributed by atoms with E-state index in [9.17, 15) is 9.59 Å². The zero-order valence-corrected chi connectivity index (χ0v) is 18.9.